The van der Waals surface area contributed by atoms with Crippen molar-refractivity contribution in [2.45, 2.75) is 35.5 Å². The van der Waals surface area contributed by atoms with E-state index in [9.17, 15) is 49.1 Å². The lowest BCUT2D eigenvalue weighted by atomic mass is 9.90. The van der Waals surface area contributed by atoms with Crippen molar-refractivity contribution in [3.8, 4) is 0 Å². The lowest BCUT2D eigenvalue weighted by molar-refractivity contribution is -0.231. The summed E-state index contributed by atoms with van der Waals surface area (Å²) in [6, 6.07) is 6.90. The number of imide groups is 1. The minimum absolute atomic E-state index is 0.0571. The van der Waals surface area contributed by atoms with Gasteiger partial charge in [0, 0.05) is 17.5 Å². The molecule has 4 rings (SSSR count). The number of aromatic nitrogens is 1. The van der Waals surface area contributed by atoms with Crippen LogP contribution < -0.4 is 4.90 Å². The molecule has 1 aliphatic heterocycles. The van der Waals surface area contributed by atoms with Gasteiger partial charge in [0.05, 0.1) is 16.1 Å². The molecule has 1 fully saturated rings. The number of para-hydroxylation sites is 1. The number of amides is 3. The number of nitrogens with zero attached hydrogens (tertiary/aromatic N) is 3. The Bertz CT molecular complexity index is 1570. The van der Waals surface area contributed by atoms with E-state index in [-0.39, 0.29) is 9.96 Å². The highest BCUT2D eigenvalue weighted by Gasteiger charge is 2.54. The molecule has 1 aromatic heterocycles. The molecule has 0 spiro atoms. The molecular formula is C23H15F6N3O6S. The molecule has 3 aromatic rings. The predicted molar refractivity (Wildman–Crippen MR) is 120 cm³/mol. The van der Waals surface area contributed by atoms with Crippen LogP contribution >= 0.6 is 0 Å². The molecule has 0 N–H and O–H groups in total. The van der Waals surface area contributed by atoms with Crippen LogP contribution in [-0.4, -0.2) is 54.1 Å². The maximum atomic E-state index is 13.4. The second kappa shape index (κ2) is 9.52. The number of alkyl halides is 6. The zero-order valence-electron chi connectivity index (χ0n) is 19.4. The predicted octanol–water partition coefficient (Wildman–Crippen LogP) is 4.49. The minimum Gasteiger partial charge on any atom is -0.327 e. The lowest BCUT2D eigenvalue weighted by Crippen LogP contribution is -2.43. The summed E-state index contributed by atoms with van der Waals surface area (Å²) in [6.45, 7) is 1.38. The van der Waals surface area contributed by atoms with Crippen molar-refractivity contribution in [1.29, 1.82) is 0 Å². The molecule has 0 unspecified atom stereocenters. The number of halogens is 6. The first-order valence-electron chi connectivity index (χ1n) is 10.8. The smallest absolute Gasteiger partial charge is 0.327 e. The molecule has 0 aliphatic carbocycles. The first kappa shape index (κ1) is 27.8. The Labute approximate surface area is 215 Å². The van der Waals surface area contributed by atoms with Crippen molar-refractivity contribution in [2.75, 3.05) is 4.90 Å². The van der Waals surface area contributed by atoms with Crippen LogP contribution in [0.15, 0.2) is 65.7 Å². The number of carbonyl (C=O) groups excluding carboxylic acids is 3. The number of rotatable bonds is 5. The molecular weight excluding hydrogens is 560 g/mol. The molecule has 39 heavy (non-hydrogen) atoms. The monoisotopic (exact) mass is 575 g/mol. The van der Waals surface area contributed by atoms with Crippen molar-refractivity contribution in [2.24, 2.45) is 0 Å². The van der Waals surface area contributed by atoms with Crippen molar-refractivity contribution in [1.82, 2.24) is 10.0 Å². The lowest BCUT2D eigenvalue weighted by Gasteiger charge is -2.26. The molecule has 206 valence electrons. The number of benzene rings is 2. The van der Waals surface area contributed by atoms with E-state index in [1.54, 1.807) is 24.3 Å². The highest BCUT2D eigenvalue weighted by atomic mass is 32.2. The van der Waals surface area contributed by atoms with Crippen LogP contribution in [0.4, 0.5) is 36.8 Å². The third-order valence-electron chi connectivity index (χ3n) is 5.88. The highest BCUT2D eigenvalue weighted by molar-refractivity contribution is 7.92. The SMILES string of the molecule is C[C@H](c1ccnc2ccccc12)[C@@H]1C(=O)N(c2ccc(S(=O)(=O)C(F)(F)F)cc2)C(=O)N1OC(=O)C(F)(F)F. The van der Waals surface area contributed by atoms with E-state index in [0.29, 0.717) is 40.7 Å². The van der Waals surface area contributed by atoms with Gasteiger partial charge in [-0.15, -0.1) is 5.06 Å². The third-order valence-corrected chi connectivity index (χ3v) is 7.38. The van der Waals surface area contributed by atoms with Gasteiger partial charge >= 0.3 is 23.7 Å². The molecule has 0 saturated carbocycles. The fourth-order valence-electron chi connectivity index (χ4n) is 4.03. The van der Waals surface area contributed by atoms with Crippen molar-refractivity contribution in [3.05, 3.63) is 66.4 Å². The van der Waals surface area contributed by atoms with Crippen LogP contribution in [0.5, 0.6) is 0 Å². The molecule has 3 amide bonds. The number of urea groups is 1. The Balaban J connectivity index is 1.78. The number of pyridine rings is 1. The summed E-state index contributed by atoms with van der Waals surface area (Å²) in [4.78, 5) is 45.7. The van der Waals surface area contributed by atoms with E-state index in [1.807, 2.05) is 0 Å². The van der Waals surface area contributed by atoms with Crippen LogP contribution in [0, 0.1) is 0 Å². The largest absolute Gasteiger partial charge is 0.501 e. The second-order valence-electron chi connectivity index (χ2n) is 8.25. The third kappa shape index (κ3) is 4.86. The van der Waals surface area contributed by atoms with Gasteiger partial charge in [-0.3, -0.25) is 9.78 Å². The minimum atomic E-state index is -5.77. The number of anilines is 1. The van der Waals surface area contributed by atoms with Crippen LogP contribution in [0.1, 0.15) is 18.4 Å². The molecule has 2 aromatic carbocycles. The van der Waals surface area contributed by atoms with Gasteiger partial charge in [-0.2, -0.15) is 26.3 Å². The summed E-state index contributed by atoms with van der Waals surface area (Å²) < 4.78 is 101. The molecule has 2 heterocycles. The fraction of sp³-hybridized carbons (Fsp3) is 0.217. The molecule has 2 atom stereocenters. The van der Waals surface area contributed by atoms with E-state index in [1.165, 1.54) is 19.2 Å². The van der Waals surface area contributed by atoms with Crippen molar-refractivity contribution < 1.29 is 54.0 Å². The summed E-state index contributed by atoms with van der Waals surface area (Å²) in [7, 11) is -5.77. The van der Waals surface area contributed by atoms with Gasteiger partial charge in [-0.05, 0) is 42.0 Å². The summed E-state index contributed by atoms with van der Waals surface area (Å²) in [6.07, 6.45) is -4.18. The van der Waals surface area contributed by atoms with E-state index in [0.717, 1.165) is 0 Å². The maximum Gasteiger partial charge on any atom is 0.501 e. The Morgan fingerprint density at radius 1 is 0.974 bits per heavy atom. The van der Waals surface area contributed by atoms with Crippen LogP contribution in [0.25, 0.3) is 10.9 Å². The molecule has 1 saturated heterocycles. The van der Waals surface area contributed by atoms with E-state index in [4.69, 9.17) is 0 Å². The van der Waals surface area contributed by atoms with Gasteiger partial charge in [0.25, 0.3) is 15.7 Å². The average Bonchev–Trinajstić information content (AvgIpc) is 3.11. The first-order valence-corrected chi connectivity index (χ1v) is 12.3. The van der Waals surface area contributed by atoms with Crippen molar-refractivity contribution in [3.63, 3.8) is 0 Å². The number of fused-ring (bicyclic) bond motifs is 1. The quantitative estimate of drug-likeness (QED) is 0.325. The summed E-state index contributed by atoms with van der Waals surface area (Å²) >= 11 is 0. The zero-order chi connectivity index (χ0) is 28.9. The van der Waals surface area contributed by atoms with Gasteiger partial charge in [0.15, 0.2) is 6.04 Å². The topological polar surface area (TPSA) is 114 Å². The number of sulfone groups is 1. The Hall–Kier alpha value is -4.21. The van der Waals surface area contributed by atoms with E-state index >= 15 is 0 Å². The maximum absolute atomic E-state index is 13.4. The highest BCUT2D eigenvalue weighted by Crippen LogP contribution is 2.37. The van der Waals surface area contributed by atoms with E-state index < -0.39 is 62.0 Å². The molecule has 9 nitrogen and oxygen atoms in total. The number of hydrogen-bond donors (Lipinski definition) is 0. The molecule has 0 bridgehead atoms. The van der Waals surface area contributed by atoms with Gasteiger partial charge < -0.3 is 4.84 Å². The summed E-state index contributed by atoms with van der Waals surface area (Å²) in [5, 5.41) is 0.424. The standard InChI is InChI=1S/C23H15F6N3O6S/c1-12(15-10-11-30-17-5-3-2-4-16(15)17)18-19(33)31(21(35)32(18)38-20(34)22(24,25)26)13-6-8-14(9-7-13)39(36,37)23(27,28)29/h2-12,18H,1H3/t12-,18-/m1/s1. The normalized spacial score (nSPS) is 17.6. The Morgan fingerprint density at radius 2 is 1.59 bits per heavy atom. The number of hydrogen-bond acceptors (Lipinski definition) is 7. The number of hydroxylamine groups is 2. The first-order chi connectivity index (χ1) is 18.1. The van der Waals surface area contributed by atoms with Gasteiger partial charge in [-0.25, -0.2) is 22.9 Å². The molecule has 16 heteroatoms. The van der Waals surface area contributed by atoms with Crippen LogP contribution in [0.3, 0.4) is 0 Å². The van der Waals surface area contributed by atoms with Gasteiger partial charge in [0.1, 0.15) is 0 Å². The summed E-state index contributed by atoms with van der Waals surface area (Å²) in [5.74, 6) is -5.08. The van der Waals surface area contributed by atoms with E-state index in [2.05, 4.69) is 9.82 Å². The number of carbonyl (C=O) groups is 3. The second-order valence-corrected chi connectivity index (χ2v) is 10.2. The van der Waals surface area contributed by atoms with Gasteiger partial charge in [-0.1, -0.05) is 25.1 Å². The Morgan fingerprint density at radius 3 is 2.18 bits per heavy atom. The molecule has 1 aliphatic rings. The molecule has 0 radical (unpaired) electrons. The average molecular weight is 575 g/mol. The Kier molecular flexibility index (Phi) is 6.79. The summed E-state index contributed by atoms with van der Waals surface area (Å²) in [5.41, 5.74) is -5.30. The van der Waals surface area contributed by atoms with Crippen LogP contribution in [0.2, 0.25) is 0 Å². The zero-order valence-corrected chi connectivity index (χ0v) is 20.2. The van der Waals surface area contributed by atoms with Gasteiger partial charge in [0.2, 0.25) is 0 Å². The fourth-order valence-corrected chi connectivity index (χ4v) is 4.79. The van der Waals surface area contributed by atoms with Crippen molar-refractivity contribution >= 4 is 44.3 Å². The van der Waals surface area contributed by atoms with Crippen LogP contribution in [-0.2, 0) is 24.3 Å².